The summed E-state index contributed by atoms with van der Waals surface area (Å²) in [6, 6.07) is 4.80. The zero-order valence-corrected chi connectivity index (χ0v) is 11.9. The minimum atomic E-state index is -1.19. The first kappa shape index (κ1) is 14.9. The number of ether oxygens (including phenoxy) is 3. The molecule has 0 bridgehead atoms. The van der Waals surface area contributed by atoms with E-state index in [1.807, 2.05) is 0 Å². The number of rotatable bonds is 6. The molecule has 1 aromatic heterocycles. The molecule has 0 aliphatic heterocycles. The van der Waals surface area contributed by atoms with E-state index in [0.717, 1.165) is 5.56 Å². The van der Waals surface area contributed by atoms with Crippen LogP contribution in [-0.2, 0) is 11.3 Å². The Kier molecular flexibility index (Phi) is 4.44. The Morgan fingerprint density at radius 2 is 2.00 bits per heavy atom. The van der Waals surface area contributed by atoms with E-state index in [1.165, 1.54) is 13.2 Å². The molecule has 21 heavy (non-hydrogen) atoms. The molecule has 0 aliphatic carbocycles. The van der Waals surface area contributed by atoms with Gasteiger partial charge in [-0.3, -0.25) is 0 Å². The van der Waals surface area contributed by atoms with E-state index in [2.05, 4.69) is 5.16 Å². The van der Waals surface area contributed by atoms with Gasteiger partial charge in [0.1, 0.15) is 17.2 Å². The highest BCUT2D eigenvalue weighted by atomic mass is 16.5. The maximum Gasteiger partial charge on any atom is 0.374 e. The number of carbonyl (C=O) groups is 1. The van der Waals surface area contributed by atoms with Crippen LogP contribution in [0.2, 0.25) is 0 Å². The second-order valence-corrected chi connectivity index (χ2v) is 4.18. The van der Waals surface area contributed by atoms with Crippen LogP contribution in [0.1, 0.15) is 16.1 Å². The first-order valence-electron chi connectivity index (χ1n) is 6.05. The molecule has 2 aromatic rings. The summed E-state index contributed by atoms with van der Waals surface area (Å²) in [4.78, 5) is 10.9. The summed E-state index contributed by atoms with van der Waals surface area (Å²) in [7, 11) is 4.61. The summed E-state index contributed by atoms with van der Waals surface area (Å²) < 4.78 is 20.5. The van der Waals surface area contributed by atoms with Gasteiger partial charge in [-0.05, 0) is 11.6 Å². The second kappa shape index (κ2) is 6.27. The highest BCUT2D eigenvalue weighted by Gasteiger charge is 2.20. The van der Waals surface area contributed by atoms with Crippen molar-refractivity contribution >= 4 is 5.97 Å². The molecule has 2 rings (SSSR count). The van der Waals surface area contributed by atoms with Crippen LogP contribution in [0.5, 0.6) is 11.5 Å². The molecule has 0 aliphatic rings. The Balaban J connectivity index is 2.60. The molecule has 0 spiro atoms. The topological polar surface area (TPSA) is 91.0 Å². The first-order valence-corrected chi connectivity index (χ1v) is 6.05. The molecule has 1 N–H and O–H groups in total. The Hall–Kier alpha value is -2.54. The van der Waals surface area contributed by atoms with Gasteiger partial charge in [0.25, 0.3) is 0 Å². The lowest BCUT2D eigenvalue weighted by molar-refractivity contribution is 0.0652. The molecular formula is C14H15NO6. The largest absolute Gasteiger partial charge is 0.497 e. The van der Waals surface area contributed by atoms with Crippen molar-refractivity contribution < 1.29 is 28.6 Å². The van der Waals surface area contributed by atoms with E-state index in [-0.39, 0.29) is 12.4 Å². The van der Waals surface area contributed by atoms with Crippen LogP contribution < -0.4 is 9.47 Å². The van der Waals surface area contributed by atoms with Gasteiger partial charge in [0.15, 0.2) is 0 Å². The van der Waals surface area contributed by atoms with E-state index in [4.69, 9.17) is 23.8 Å². The molecule has 0 saturated heterocycles. The van der Waals surface area contributed by atoms with Gasteiger partial charge in [0.2, 0.25) is 5.76 Å². The van der Waals surface area contributed by atoms with E-state index in [9.17, 15) is 4.79 Å². The zero-order chi connectivity index (χ0) is 15.4. The smallest absolute Gasteiger partial charge is 0.374 e. The van der Waals surface area contributed by atoms with Crippen LogP contribution in [0, 0.1) is 0 Å². The summed E-state index contributed by atoms with van der Waals surface area (Å²) in [5.41, 5.74) is 1.72. The Morgan fingerprint density at radius 3 is 2.52 bits per heavy atom. The highest BCUT2D eigenvalue weighted by Crippen LogP contribution is 2.37. The maximum atomic E-state index is 10.9. The molecule has 0 atom stereocenters. The predicted octanol–water partition coefficient (Wildman–Crippen LogP) is 2.20. The number of hydrogen-bond donors (Lipinski definition) is 1. The predicted molar refractivity (Wildman–Crippen MR) is 72.7 cm³/mol. The third kappa shape index (κ3) is 2.97. The third-order valence-corrected chi connectivity index (χ3v) is 2.89. The Labute approximate surface area is 121 Å². The van der Waals surface area contributed by atoms with Crippen molar-refractivity contribution in [2.75, 3.05) is 21.3 Å². The SMILES string of the molecule is COCc1cc(OC)cc(OC)c1-c1cc(C(=O)O)on1. The fourth-order valence-corrected chi connectivity index (χ4v) is 1.98. The van der Waals surface area contributed by atoms with E-state index in [0.29, 0.717) is 22.8 Å². The van der Waals surface area contributed by atoms with Crippen LogP contribution >= 0.6 is 0 Å². The number of carboxylic acid groups (broad SMARTS) is 1. The van der Waals surface area contributed by atoms with Gasteiger partial charge in [0.05, 0.1) is 26.4 Å². The summed E-state index contributed by atoms with van der Waals surface area (Å²) in [6.45, 7) is 0.290. The molecule has 1 aromatic carbocycles. The highest BCUT2D eigenvalue weighted by molar-refractivity contribution is 5.86. The van der Waals surface area contributed by atoms with E-state index < -0.39 is 5.97 Å². The van der Waals surface area contributed by atoms with Crippen molar-refractivity contribution in [2.24, 2.45) is 0 Å². The number of aromatic carboxylic acids is 1. The lowest BCUT2D eigenvalue weighted by atomic mass is 10.0. The molecule has 1 heterocycles. The van der Waals surface area contributed by atoms with Gasteiger partial charge >= 0.3 is 5.97 Å². The molecule has 0 amide bonds. The van der Waals surface area contributed by atoms with Crippen molar-refractivity contribution in [1.29, 1.82) is 0 Å². The summed E-state index contributed by atoms with van der Waals surface area (Å²) in [5, 5.41) is 12.7. The summed E-state index contributed by atoms with van der Waals surface area (Å²) in [6.07, 6.45) is 0. The lowest BCUT2D eigenvalue weighted by Crippen LogP contribution is -1.98. The van der Waals surface area contributed by atoms with Crippen molar-refractivity contribution in [2.45, 2.75) is 6.61 Å². The number of hydrogen-bond acceptors (Lipinski definition) is 6. The van der Waals surface area contributed by atoms with E-state index in [1.54, 1.807) is 26.4 Å². The number of aromatic nitrogens is 1. The summed E-state index contributed by atoms with van der Waals surface area (Å²) in [5.74, 6) is -0.336. The second-order valence-electron chi connectivity index (χ2n) is 4.18. The fourth-order valence-electron chi connectivity index (χ4n) is 1.98. The van der Waals surface area contributed by atoms with Crippen LogP contribution in [0.25, 0.3) is 11.3 Å². The quantitative estimate of drug-likeness (QED) is 0.872. The zero-order valence-electron chi connectivity index (χ0n) is 11.9. The standard InChI is InChI=1S/C14H15NO6/c1-18-7-8-4-9(19-2)5-11(20-3)13(8)10-6-12(14(16)17)21-15-10/h4-6H,7H2,1-3H3,(H,16,17). The van der Waals surface area contributed by atoms with Crippen molar-refractivity contribution in [3.05, 3.63) is 29.5 Å². The first-order chi connectivity index (χ1) is 10.1. The van der Waals surface area contributed by atoms with Crippen molar-refractivity contribution in [1.82, 2.24) is 5.16 Å². The minimum Gasteiger partial charge on any atom is -0.497 e. The Bertz CT molecular complexity index is 649. The van der Waals surface area contributed by atoms with Gasteiger partial charge in [0, 0.05) is 19.2 Å². The lowest BCUT2D eigenvalue weighted by Gasteiger charge is -2.13. The van der Waals surface area contributed by atoms with Gasteiger partial charge in [-0.25, -0.2) is 4.79 Å². The molecule has 0 unspecified atom stereocenters. The molecule has 0 saturated carbocycles. The van der Waals surface area contributed by atoms with Crippen LogP contribution in [0.3, 0.4) is 0 Å². The number of carboxylic acids is 1. The van der Waals surface area contributed by atoms with Gasteiger partial charge in [-0.15, -0.1) is 0 Å². The van der Waals surface area contributed by atoms with E-state index >= 15 is 0 Å². The molecule has 7 nitrogen and oxygen atoms in total. The van der Waals surface area contributed by atoms with Gasteiger partial charge in [-0.1, -0.05) is 5.16 Å². The third-order valence-electron chi connectivity index (χ3n) is 2.89. The Morgan fingerprint density at radius 1 is 1.24 bits per heavy atom. The van der Waals surface area contributed by atoms with Crippen molar-refractivity contribution in [3.8, 4) is 22.8 Å². The van der Waals surface area contributed by atoms with Crippen molar-refractivity contribution in [3.63, 3.8) is 0 Å². The van der Waals surface area contributed by atoms with Crippen LogP contribution in [-0.4, -0.2) is 37.6 Å². The number of methoxy groups -OCH3 is 3. The number of benzene rings is 1. The van der Waals surface area contributed by atoms with Crippen LogP contribution in [0.4, 0.5) is 0 Å². The van der Waals surface area contributed by atoms with Gasteiger partial charge < -0.3 is 23.8 Å². The normalized spacial score (nSPS) is 10.4. The molecule has 112 valence electrons. The maximum absolute atomic E-state index is 10.9. The molecule has 0 radical (unpaired) electrons. The minimum absolute atomic E-state index is 0.244. The average molecular weight is 293 g/mol. The monoisotopic (exact) mass is 293 g/mol. The number of nitrogens with zero attached hydrogens (tertiary/aromatic N) is 1. The summed E-state index contributed by atoms with van der Waals surface area (Å²) >= 11 is 0. The molecule has 7 heteroatoms. The van der Waals surface area contributed by atoms with Gasteiger partial charge in [-0.2, -0.15) is 0 Å². The molecular weight excluding hydrogens is 278 g/mol. The van der Waals surface area contributed by atoms with Crippen LogP contribution in [0.15, 0.2) is 22.7 Å². The molecule has 0 fully saturated rings. The fraction of sp³-hybridized carbons (Fsp3) is 0.286. The average Bonchev–Trinajstić information content (AvgIpc) is 2.96.